The summed E-state index contributed by atoms with van der Waals surface area (Å²) in [5.74, 6) is 6.82. The van der Waals surface area contributed by atoms with Crippen LogP contribution in [0.2, 0.25) is 0 Å². The normalized spacial score (nSPS) is 11.8. The second kappa shape index (κ2) is 7.01. The van der Waals surface area contributed by atoms with Crippen LogP contribution in [-0.2, 0) is 0 Å². The number of guanidine groups is 1. The molecule has 0 radical (unpaired) electrons. The number of hydrazine groups is 1. The van der Waals surface area contributed by atoms with E-state index in [4.69, 9.17) is 5.84 Å². The van der Waals surface area contributed by atoms with Crippen LogP contribution in [0.4, 0.5) is 5.69 Å². The van der Waals surface area contributed by atoms with E-state index in [0.29, 0.717) is 5.92 Å². The van der Waals surface area contributed by atoms with Gasteiger partial charge in [0, 0.05) is 18.8 Å². The molecule has 0 saturated carbocycles. The van der Waals surface area contributed by atoms with Crippen LogP contribution >= 0.6 is 0 Å². The van der Waals surface area contributed by atoms with Crippen molar-refractivity contribution in [2.24, 2.45) is 16.8 Å². The van der Waals surface area contributed by atoms with Crippen LogP contribution in [0.3, 0.4) is 0 Å². The van der Waals surface area contributed by atoms with Gasteiger partial charge >= 0.3 is 0 Å². The molecule has 0 saturated heterocycles. The Hall–Kier alpha value is -1.55. The third kappa shape index (κ3) is 4.04. The van der Waals surface area contributed by atoms with Gasteiger partial charge in [-0.1, -0.05) is 31.5 Å². The predicted octanol–water partition coefficient (Wildman–Crippen LogP) is 2.30. The van der Waals surface area contributed by atoms with Crippen LogP contribution < -0.4 is 16.2 Å². The molecule has 0 fully saturated rings. The Balaban J connectivity index is 2.92. The van der Waals surface area contributed by atoms with Gasteiger partial charge in [0.05, 0.1) is 0 Å². The van der Waals surface area contributed by atoms with Gasteiger partial charge in [0.25, 0.3) is 0 Å². The summed E-state index contributed by atoms with van der Waals surface area (Å²) in [5.41, 5.74) is 5.04. The van der Waals surface area contributed by atoms with E-state index in [9.17, 15) is 0 Å². The molecule has 4 heteroatoms. The molecule has 0 aliphatic heterocycles. The van der Waals surface area contributed by atoms with E-state index in [1.165, 1.54) is 5.56 Å². The molecule has 0 amide bonds. The van der Waals surface area contributed by atoms with Gasteiger partial charge in [-0.2, -0.15) is 0 Å². The molecular formula is C14H24N4. The molecule has 0 unspecified atom stereocenters. The van der Waals surface area contributed by atoms with Gasteiger partial charge < -0.3 is 4.90 Å². The summed E-state index contributed by atoms with van der Waals surface area (Å²) in [6.07, 6.45) is 0. The highest BCUT2D eigenvalue weighted by Crippen LogP contribution is 2.15. The molecular weight excluding hydrogens is 224 g/mol. The number of nitrogens with one attached hydrogen (secondary N) is 1. The maximum absolute atomic E-state index is 5.58. The van der Waals surface area contributed by atoms with Gasteiger partial charge in [-0.15, -0.1) is 0 Å². The van der Waals surface area contributed by atoms with Crippen molar-refractivity contribution in [1.82, 2.24) is 5.43 Å². The van der Waals surface area contributed by atoms with E-state index in [1.54, 1.807) is 0 Å². The highest BCUT2D eigenvalue weighted by atomic mass is 15.4. The zero-order valence-corrected chi connectivity index (χ0v) is 11.8. The first kappa shape index (κ1) is 14.5. The van der Waals surface area contributed by atoms with Gasteiger partial charge in [-0.05, 0) is 31.9 Å². The Labute approximate surface area is 110 Å². The van der Waals surface area contributed by atoms with Crippen molar-refractivity contribution in [3.05, 3.63) is 29.8 Å². The van der Waals surface area contributed by atoms with Crippen molar-refractivity contribution in [3.8, 4) is 0 Å². The lowest BCUT2D eigenvalue weighted by molar-refractivity contribution is 0.660. The molecule has 3 N–H and O–H groups in total. The lowest BCUT2D eigenvalue weighted by Crippen LogP contribution is -2.45. The van der Waals surface area contributed by atoms with Gasteiger partial charge in [0.1, 0.15) is 0 Å². The fourth-order valence-electron chi connectivity index (χ4n) is 1.66. The Kier molecular flexibility index (Phi) is 5.65. The van der Waals surface area contributed by atoms with Gasteiger partial charge in [0.15, 0.2) is 0 Å². The first-order chi connectivity index (χ1) is 8.58. The summed E-state index contributed by atoms with van der Waals surface area (Å²) in [7, 11) is 0. The van der Waals surface area contributed by atoms with Crippen molar-refractivity contribution in [3.63, 3.8) is 0 Å². The third-order valence-corrected chi connectivity index (χ3v) is 2.65. The smallest absolute Gasteiger partial charge is 0.212 e. The van der Waals surface area contributed by atoms with E-state index in [2.05, 4.69) is 67.3 Å². The van der Waals surface area contributed by atoms with Gasteiger partial charge in [-0.25, -0.2) is 5.84 Å². The van der Waals surface area contributed by atoms with E-state index in [1.807, 2.05) is 0 Å². The number of hydrogen-bond acceptors (Lipinski definition) is 2. The van der Waals surface area contributed by atoms with E-state index in [0.717, 1.165) is 24.7 Å². The first-order valence-corrected chi connectivity index (χ1v) is 6.43. The minimum absolute atomic E-state index is 0.519. The molecule has 0 bridgehead atoms. The van der Waals surface area contributed by atoms with Crippen molar-refractivity contribution in [2.45, 2.75) is 27.7 Å². The molecule has 0 aliphatic carbocycles. The number of anilines is 1. The minimum atomic E-state index is 0.519. The van der Waals surface area contributed by atoms with E-state index < -0.39 is 0 Å². The highest BCUT2D eigenvalue weighted by molar-refractivity contribution is 5.95. The number of nitrogens with two attached hydrogens (primary N) is 1. The molecule has 1 rings (SSSR count). The maximum atomic E-state index is 5.58. The average Bonchev–Trinajstić information content (AvgIpc) is 2.35. The number of nitrogens with zero attached hydrogens (tertiary/aromatic N) is 2. The van der Waals surface area contributed by atoms with Crippen molar-refractivity contribution in [2.75, 3.05) is 18.0 Å². The van der Waals surface area contributed by atoms with E-state index >= 15 is 0 Å². The SMILES string of the molecule is CCN(C(=NCC(C)C)NN)c1ccc(C)cc1. The fraction of sp³-hybridized carbons (Fsp3) is 0.500. The molecule has 4 nitrogen and oxygen atoms in total. The van der Waals surface area contributed by atoms with Crippen LogP contribution in [0.5, 0.6) is 0 Å². The lowest BCUT2D eigenvalue weighted by atomic mass is 10.2. The number of aryl methyl sites for hydroxylation is 1. The number of hydrogen-bond donors (Lipinski definition) is 2. The molecule has 0 aromatic heterocycles. The second-order valence-corrected chi connectivity index (χ2v) is 4.78. The summed E-state index contributed by atoms with van der Waals surface area (Å²) in [6.45, 7) is 10.0. The number of rotatable bonds is 4. The number of aliphatic imine (C=N–C) groups is 1. The minimum Gasteiger partial charge on any atom is -0.312 e. The summed E-state index contributed by atoms with van der Waals surface area (Å²) >= 11 is 0. The summed E-state index contributed by atoms with van der Waals surface area (Å²) in [6, 6.07) is 8.35. The largest absolute Gasteiger partial charge is 0.312 e. The summed E-state index contributed by atoms with van der Waals surface area (Å²) < 4.78 is 0. The van der Waals surface area contributed by atoms with Gasteiger partial charge in [0.2, 0.25) is 5.96 Å². The molecule has 0 atom stereocenters. The standard InChI is InChI=1S/C14H24N4/c1-5-18(13-8-6-12(4)7-9-13)14(17-15)16-10-11(2)3/h6-9,11H,5,10,15H2,1-4H3,(H,16,17). The average molecular weight is 248 g/mol. The van der Waals surface area contributed by atoms with Crippen LogP contribution in [0.25, 0.3) is 0 Å². The predicted molar refractivity (Wildman–Crippen MR) is 78.7 cm³/mol. The van der Waals surface area contributed by atoms with Crippen molar-refractivity contribution in [1.29, 1.82) is 0 Å². The van der Waals surface area contributed by atoms with E-state index in [-0.39, 0.29) is 0 Å². The highest BCUT2D eigenvalue weighted by Gasteiger charge is 2.10. The monoisotopic (exact) mass is 248 g/mol. The van der Waals surface area contributed by atoms with Crippen LogP contribution in [0.1, 0.15) is 26.3 Å². The molecule has 100 valence electrons. The Morgan fingerprint density at radius 2 is 1.94 bits per heavy atom. The topological polar surface area (TPSA) is 53.6 Å². The first-order valence-electron chi connectivity index (χ1n) is 6.43. The molecule has 0 aliphatic rings. The molecule has 0 heterocycles. The summed E-state index contributed by atoms with van der Waals surface area (Å²) in [4.78, 5) is 6.59. The fourth-order valence-corrected chi connectivity index (χ4v) is 1.66. The quantitative estimate of drug-likeness (QED) is 0.372. The van der Waals surface area contributed by atoms with Gasteiger partial charge in [-0.3, -0.25) is 10.4 Å². The Bertz CT molecular complexity index is 381. The molecule has 1 aromatic rings. The molecule has 18 heavy (non-hydrogen) atoms. The van der Waals surface area contributed by atoms with Crippen LogP contribution in [0, 0.1) is 12.8 Å². The lowest BCUT2D eigenvalue weighted by Gasteiger charge is -2.24. The second-order valence-electron chi connectivity index (χ2n) is 4.78. The Morgan fingerprint density at radius 3 is 2.39 bits per heavy atom. The van der Waals surface area contributed by atoms with Crippen molar-refractivity contribution >= 4 is 11.6 Å². The molecule has 1 aromatic carbocycles. The van der Waals surface area contributed by atoms with Crippen molar-refractivity contribution < 1.29 is 0 Å². The Morgan fingerprint density at radius 1 is 1.33 bits per heavy atom. The third-order valence-electron chi connectivity index (χ3n) is 2.65. The maximum Gasteiger partial charge on any atom is 0.212 e. The zero-order valence-electron chi connectivity index (χ0n) is 11.8. The number of benzene rings is 1. The molecule has 0 spiro atoms. The van der Waals surface area contributed by atoms with Crippen LogP contribution in [-0.4, -0.2) is 19.0 Å². The zero-order chi connectivity index (χ0) is 13.5. The summed E-state index contributed by atoms with van der Waals surface area (Å²) in [5, 5.41) is 0. The van der Waals surface area contributed by atoms with Crippen LogP contribution in [0.15, 0.2) is 29.3 Å².